The third-order valence-electron chi connectivity index (χ3n) is 3.62. The number of nitrogens with one attached hydrogen (secondary N) is 1. The molecule has 1 nitrogen and oxygen atoms in total. The van der Waals surface area contributed by atoms with Gasteiger partial charge in [-0.1, -0.05) is 18.9 Å². The smallest absolute Gasteiger partial charge is 0.00957 e. The highest BCUT2D eigenvalue weighted by Crippen LogP contribution is 2.29. The van der Waals surface area contributed by atoms with E-state index < -0.39 is 0 Å². The highest BCUT2D eigenvalue weighted by atomic mass is 32.1. The van der Waals surface area contributed by atoms with E-state index in [0.717, 1.165) is 12.0 Å². The summed E-state index contributed by atoms with van der Waals surface area (Å²) >= 11 is 1.89. The number of hydrogen-bond donors (Lipinski definition) is 1. The molecule has 0 spiro atoms. The van der Waals surface area contributed by atoms with E-state index in [4.69, 9.17) is 0 Å². The van der Waals surface area contributed by atoms with Crippen molar-refractivity contribution in [1.29, 1.82) is 0 Å². The van der Waals surface area contributed by atoms with Crippen molar-refractivity contribution in [3.05, 3.63) is 22.4 Å². The summed E-state index contributed by atoms with van der Waals surface area (Å²) in [5.41, 5.74) is 0. The van der Waals surface area contributed by atoms with Gasteiger partial charge in [0.2, 0.25) is 0 Å². The maximum absolute atomic E-state index is 3.51. The summed E-state index contributed by atoms with van der Waals surface area (Å²) in [7, 11) is 2.12. The minimum atomic E-state index is 0.745. The third-order valence-corrected chi connectivity index (χ3v) is 4.56. The predicted molar refractivity (Wildman–Crippen MR) is 67.4 cm³/mol. The second kappa shape index (κ2) is 5.66. The van der Waals surface area contributed by atoms with E-state index in [2.05, 4.69) is 29.9 Å². The molecule has 1 aliphatic carbocycles. The third kappa shape index (κ3) is 3.05. The lowest BCUT2D eigenvalue weighted by Crippen LogP contribution is -2.32. The van der Waals surface area contributed by atoms with Gasteiger partial charge >= 0.3 is 0 Å². The molecule has 1 fully saturated rings. The van der Waals surface area contributed by atoms with Crippen LogP contribution in [0.3, 0.4) is 0 Å². The zero-order valence-corrected chi connectivity index (χ0v) is 10.4. The lowest BCUT2D eigenvalue weighted by molar-refractivity contribution is 0.360. The summed E-state index contributed by atoms with van der Waals surface area (Å²) in [6, 6.07) is 5.16. The zero-order chi connectivity index (χ0) is 10.5. The molecule has 1 atom stereocenters. The van der Waals surface area contributed by atoms with Crippen molar-refractivity contribution in [2.45, 2.75) is 44.6 Å². The molecular weight excluding hydrogens is 202 g/mol. The van der Waals surface area contributed by atoms with Crippen LogP contribution in [0.2, 0.25) is 0 Å². The molecule has 1 aromatic rings. The lowest BCUT2D eigenvalue weighted by atomic mass is 9.94. The standard InChI is InChI=1S/C13H21NS/c1-14-13(11-5-2-3-6-11)9-8-12-7-4-10-15-12/h4,7,10-11,13-14H,2-3,5-6,8-9H2,1H3. The topological polar surface area (TPSA) is 12.0 Å². The van der Waals surface area contributed by atoms with Crippen molar-refractivity contribution < 1.29 is 0 Å². The Balaban J connectivity index is 1.80. The predicted octanol–water partition coefficient (Wildman–Crippen LogP) is 3.46. The van der Waals surface area contributed by atoms with Crippen molar-refractivity contribution in [2.24, 2.45) is 5.92 Å². The minimum absolute atomic E-state index is 0.745. The van der Waals surface area contributed by atoms with Gasteiger partial charge in [-0.3, -0.25) is 0 Å². The van der Waals surface area contributed by atoms with Crippen molar-refractivity contribution >= 4 is 11.3 Å². The Morgan fingerprint density at radius 3 is 2.87 bits per heavy atom. The Bertz CT molecular complexity index is 262. The summed E-state index contributed by atoms with van der Waals surface area (Å²) in [5, 5.41) is 5.69. The van der Waals surface area contributed by atoms with Crippen LogP contribution in [0.1, 0.15) is 37.0 Å². The molecule has 1 aromatic heterocycles. The van der Waals surface area contributed by atoms with Crippen LogP contribution in [0.5, 0.6) is 0 Å². The Hall–Kier alpha value is -0.340. The maximum atomic E-state index is 3.51. The molecule has 0 saturated heterocycles. The molecule has 0 aliphatic heterocycles. The molecule has 0 radical (unpaired) electrons. The molecular formula is C13H21NS. The van der Waals surface area contributed by atoms with Crippen LogP contribution >= 0.6 is 11.3 Å². The van der Waals surface area contributed by atoms with Crippen molar-refractivity contribution in [1.82, 2.24) is 5.32 Å². The first-order valence-electron chi connectivity index (χ1n) is 6.10. The summed E-state index contributed by atoms with van der Waals surface area (Å²) in [4.78, 5) is 1.54. The summed E-state index contributed by atoms with van der Waals surface area (Å²) in [6.07, 6.45) is 8.33. The van der Waals surface area contributed by atoms with Gasteiger partial charge in [-0.25, -0.2) is 0 Å². The fourth-order valence-electron chi connectivity index (χ4n) is 2.73. The molecule has 2 heteroatoms. The second-order valence-electron chi connectivity index (χ2n) is 4.56. The molecule has 15 heavy (non-hydrogen) atoms. The molecule has 0 aromatic carbocycles. The average molecular weight is 223 g/mol. The van der Waals surface area contributed by atoms with Crippen LogP contribution in [0.25, 0.3) is 0 Å². The van der Waals surface area contributed by atoms with Crippen LogP contribution < -0.4 is 5.32 Å². The van der Waals surface area contributed by atoms with Gasteiger partial charge in [-0.05, 0) is 50.1 Å². The monoisotopic (exact) mass is 223 g/mol. The quantitative estimate of drug-likeness (QED) is 0.806. The zero-order valence-electron chi connectivity index (χ0n) is 9.54. The van der Waals surface area contributed by atoms with Crippen LogP contribution in [-0.2, 0) is 6.42 Å². The summed E-state index contributed by atoms with van der Waals surface area (Å²) in [5.74, 6) is 0.940. The first-order chi connectivity index (χ1) is 7.40. The van der Waals surface area contributed by atoms with E-state index in [1.165, 1.54) is 43.4 Å². The van der Waals surface area contributed by atoms with Gasteiger partial charge in [0, 0.05) is 10.9 Å². The van der Waals surface area contributed by atoms with Crippen LogP contribution in [0, 0.1) is 5.92 Å². The number of thiophene rings is 1. The average Bonchev–Trinajstić information content (AvgIpc) is 2.90. The summed E-state index contributed by atoms with van der Waals surface area (Å²) < 4.78 is 0. The van der Waals surface area contributed by atoms with Crippen molar-refractivity contribution in [2.75, 3.05) is 7.05 Å². The Morgan fingerprint density at radius 2 is 2.27 bits per heavy atom. The SMILES string of the molecule is CNC(CCc1cccs1)C1CCCC1. The van der Waals surface area contributed by atoms with Gasteiger partial charge in [0.05, 0.1) is 0 Å². The second-order valence-corrected chi connectivity index (χ2v) is 5.59. The van der Waals surface area contributed by atoms with Gasteiger partial charge in [0.1, 0.15) is 0 Å². The van der Waals surface area contributed by atoms with Crippen LogP contribution in [0.4, 0.5) is 0 Å². The number of aryl methyl sites for hydroxylation is 1. The fourth-order valence-corrected chi connectivity index (χ4v) is 3.45. The fraction of sp³-hybridized carbons (Fsp3) is 0.692. The van der Waals surface area contributed by atoms with Crippen LogP contribution in [0.15, 0.2) is 17.5 Å². The summed E-state index contributed by atoms with van der Waals surface area (Å²) in [6.45, 7) is 0. The van der Waals surface area contributed by atoms with E-state index in [-0.39, 0.29) is 0 Å². The highest BCUT2D eigenvalue weighted by molar-refractivity contribution is 7.09. The van der Waals surface area contributed by atoms with E-state index in [0.29, 0.717) is 0 Å². The number of rotatable bonds is 5. The lowest BCUT2D eigenvalue weighted by Gasteiger charge is -2.22. The molecule has 1 saturated carbocycles. The van der Waals surface area contributed by atoms with E-state index in [1.807, 2.05) is 11.3 Å². The van der Waals surface area contributed by atoms with Gasteiger partial charge in [-0.15, -0.1) is 11.3 Å². The molecule has 1 heterocycles. The molecule has 1 unspecified atom stereocenters. The molecule has 0 amide bonds. The van der Waals surface area contributed by atoms with Crippen LogP contribution in [-0.4, -0.2) is 13.1 Å². The van der Waals surface area contributed by atoms with Gasteiger partial charge in [0.25, 0.3) is 0 Å². The first-order valence-corrected chi connectivity index (χ1v) is 6.98. The van der Waals surface area contributed by atoms with Crippen molar-refractivity contribution in [3.8, 4) is 0 Å². The Labute approximate surface area is 96.9 Å². The van der Waals surface area contributed by atoms with Gasteiger partial charge < -0.3 is 5.32 Å². The molecule has 84 valence electrons. The molecule has 0 bridgehead atoms. The van der Waals surface area contributed by atoms with E-state index in [9.17, 15) is 0 Å². The van der Waals surface area contributed by atoms with Crippen molar-refractivity contribution in [3.63, 3.8) is 0 Å². The molecule has 1 aliphatic rings. The Kier molecular flexibility index (Phi) is 4.21. The normalized spacial score (nSPS) is 19.5. The van der Waals surface area contributed by atoms with Gasteiger partial charge in [0.15, 0.2) is 0 Å². The highest BCUT2D eigenvalue weighted by Gasteiger charge is 2.23. The first kappa shape index (κ1) is 11.2. The molecule has 2 rings (SSSR count). The molecule has 1 N–H and O–H groups in total. The minimum Gasteiger partial charge on any atom is -0.317 e. The van der Waals surface area contributed by atoms with Gasteiger partial charge in [-0.2, -0.15) is 0 Å². The van der Waals surface area contributed by atoms with E-state index >= 15 is 0 Å². The largest absolute Gasteiger partial charge is 0.317 e. The Morgan fingerprint density at radius 1 is 1.47 bits per heavy atom. The maximum Gasteiger partial charge on any atom is 0.00957 e. The van der Waals surface area contributed by atoms with E-state index in [1.54, 1.807) is 0 Å². The number of hydrogen-bond acceptors (Lipinski definition) is 2.